The number of hydrogen-bond acceptors (Lipinski definition) is 3. The summed E-state index contributed by atoms with van der Waals surface area (Å²) in [5.74, 6) is 0. The van der Waals surface area contributed by atoms with Crippen LogP contribution in [0.25, 0.3) is 0 Å². The van der Waals surface area contributed by atoms with Gasteiger partial charge in [-0.2, -0.15) is 0 Å². The zero-order valence-corrected chi connectivity index (χ0v) is 11.5. The van der Waals surface area contributed by atoms with Gasteiger partial charge in [-0.15, -0.1) is 0 Å². The van der Waals surface area contributed by atoms with Crippen molar-refractivity contribution < 1.29 is 4.74 Å². The highest BCUT2D eigenvalue weighted by Gasteiger charge is 2.24. The van der Waals surface area contributed by atoms with Crippen molar-refractivity contribution in [2.24, 2.45) is 0 Å². The summed E-state index contributed by atoms with van der Waals surface area (Å²) in [6.45, 7) is 12.4. The zero-order chi connectivity index (χ0) is 12.2. The molecule has 0 radical (unpaired) electrons. The van der Waals surface area contributed by atoms with E-state index in [1.54, 1.807) is 0 Å². The van der Waals surface area contributed by atoms with Gasteiger partial charge in [0.15, 0.2) is 0 Å². The third kappa shape index (κ3) is 4.81. The summed E-state index contributed by atoms with van der Waals surface area (Å²) in [7, 11) is 1.83. The summed E-state index contributed by atoms with van der Waals surface area (Å²) < 4.78 is 5.43. The van der Waals surface area contributed by atoms with Gasteiger partial charge in [0, 0.05) is 38.3 Å². The normalized spacial score (nSPS) is 28.3. The van der Waals surface area contributed by atoms with Crippen molar-refractivity contribution in [3.63, 3.8) is 0 Å². The van der Waals surface area contributed by atoms with Crippen LogP contribution in [0.5, 0.6) is 0 Å². The molecule has 0 saturated carbocycles. The lowest BCUT2D eigenvalue weighted by atomic mass is 10.0. The molecular formula is C13H28N2O. The Kier molecular flexibility index (Phi) is 5.22. The molecule has 0 bridgehead atoms. The molecule has 1 rings (SSSR count). The Balaban J connectivity index is 2.23. The molecule has 0 amide bonds. The van der Waals surface area contributed by atoms with E-state index in [4.69, 9.17) is 4.74 Å². The van der Waals surface area contributed by atoms with Crippen molar-refractivity contribution in [2.45, 2.75) is 58.2 Å². The van der Waals surface area contributed by atoms with Gasteiger partial charge in [0.25, 0.3) is 0 Å². The van der Waals surface area contributed by atoms with Crippen LogP contribution in [0.3, 0.4) is 0 Å². The van der Waals surface area contributed by atoms with Crippen LogP contribution in [0, 0.1) is 0 Å². The number of likely N-dealkylation sites (tertiary alicyclic amines) is 1. The Bertz CT molecular complexity index is 201. The summed E-state index contributed by atoms with van der Waals surface area (Å²) in [6.07, 6.45) is 2.82. The number of rotatable bonds is 4. The largest absolute Gasteiger partial charge is 0.381 e. The fourth-order valence-corrected chi connectivity index (χ4v) is 2.30. The van der Waals surface area contributed by atoms with Crippen molar-refractivity contribution in [2.75, 3.05) is 26.7 Å². The maximum Gasteiger partial charge on any atom is 0.0598 e. The minimum absolute atomic E-state index is 0.230. The molecular weight excluding hydrogens is 200 g/mol. The summed E-state index contributed by atoms with van der Waals surface area (Å²) >= 11 is 0. The lowest BCUT2D eigenvalue weighted by Gasteiger charge is -2.37. The highest BCUT2D eigenvalue weighted by molar-refractivity contribution is 4.80. The van der Waals surface area contributed by atoms with Crippen LogP contribution < -0.4 is 5.32 Å². The Labute approximate surface area is 101 Å². The van der Waals surface area contributed by atoms with Crippen LogP contribution in [0.15, 0.2) is 0 Å². The molecule has 3 nitrogen and oxygen atoms in total. The third-order valence-corrected chi connectivity index (χ3v) is 3.35. The highest BCUT2D eigenvalue weighted by atomic mass is 16.5. The van der Waals surface area contributed by atoms with Crippen LogP contribution in [0.1, 0.15) is 40.5 Å². The van der Waals surface area contributed by atoms with E-state index in [1.165, 1.54) is 19.4 Å². The predicted molar refractivity (Wildman–Crippen MR) is 68.8 cm³/mol. The average molecular weight is 228 g/mol. The monoisotopic (exact) mass is 228 g/mol. The predicted octanol–water partition coefficient (Wildman–Crippen LogP) is 1.87. The van der Waals surface area contributed by atoms with E-state index in [0.29, 0.717) is 12.1 Å². The van der Waals surface area contributed by atoms with E-state index in [-0.39, 0.29) is 5.54 Å². The minimum atomic E-state index is 0.230. The maximum atomic E-state index is 5.43. The lowest BCUT2D eigenvalue weighted by molar-refractivity contribution is 0.0160. The van der Waals surface area contributed by atoms with Crippen molar-refractivity contribution >= 4 is 0 Å². The second-order valence-electron chi connectivity index (χ2n) is 5.94. The standard InChI is InChI=1S/C13H28N2O/c1-11-10-12(16-5)6-8-15(11)9-7-14-13(2,3)4/h11-12,14H,6-10H2,1-5H3. The molecule has 0 aromatic rings. The first-order chi connectivity index (χ1) is 7.42. The van der Waals surface area contributed by atoms with E-state index >= 15 is 0 Å². The summed E-state index contributed by atoms with van der Waals surface area (Å²) in [5.41, 5.74) is 0.230. The van der Waals surface area contributed by atoms with Crippen LogP contribution in [0.2, 0.25) is 0 Å². The fraction of sp³-hybridized carbons (Fsp3) is 1.00. The van der Waals surface area contributed by atoms with Crippen molar-refractivity contribution in [3.8, 4) is 0 Å². The lowest BCUT2D eigenvalue weighted by Crippen LogP contribution is -2.48. The molecule has 16 heavy (non-hydrogen) atoms. The first-order valence-electron chi connectivity index (χ1n) is 6.44. The van der Waals surface area contributed by atoms with E-state index in [0.717, 1.165) is 13.1 Å². The van der Waals surface area contributed by atoms with Gasteiger partial charge in [0.1, 0.15) is 0 Å². The molecule has 2 unspecified atom stereocenters. The Morgan fingerprint density at radius 3 is 2.56 bits per heavy atom. The molecule has 1 aliphatic heterocycles. The van der Waals surface area contributed by atoms with E-state index in [1.807, 2.05) is 7.11 Å². The van der Waals surface area contributed by atoms with Crippen molar-refractivity contribution in [3.05, 3.63) is 0 Å². The van der Waals surface area contributed by atoms with Crippen LogP contribution in [-0.4, -0.2) is 49.3 Å². The first kappa shape index (κ1) is 13.9. The molecule has 1 fully saturated rings. The molecule has 1 saturated heterocycles. The molecule has 96 valence electrons. The van der Waals surface area contributed by atoms with Crippen molar-refractivity contribution in [1.82, 2.24) is 10.2 Å². The smallest absolute Gasteiger partial charge is 0.0598 e. The minimum Gasteiger partial charge on any atom is -0.381 e. The molecule has 0 aromatic carbocycles. The molecule has 1 aliphatic rings. The van der Waals surface area contributed by atoms with E-state index in [9.17, 15) is 0 Å². The molecule has 0 spiro atoms. The van der Waals surface area contributed by atoms with Gasteiger partial charge in [-0.3, -0.25) is 4.90 Å². The number of nitrogens with zero attached hydrogens (tertiary/aromatic N) is 1. The number of piperidine rings is 1. The topological polar surface area (TPSA) is 24.5 Å². The maximum absolute atomic E-state index is 5.43. The Hall–Kier alpha value is -0.120. The van der Waals surface area contributed by atoms with E-state index < -0.39 is 0 Å². The van der Waals surface area contributed by atoms with Gasteiger partial charge in [-0.25, -0.2) is 0 Å². The van der Waals surface area contributed by atoms with Gasteiger partial charge in [-0.05, 0) is 40.5 Å². The van der Waals surface area contributed by atoms with Gasteiger partial charge in [0.05, 0.1) is 6.10 Å². The second-order valence-corrected chi connectivity index (χ2v) is 5.94. The molecule has 1 N–H and O–H groups in total. The molecule has 3 heteroatoms. The average Bonchev–Trinajstić information content (AvgIpc) is 2.18. The summed E-state index contributed by atoms with van der Waals surface area (Å²) in [6, 6.07) is 0.653. The van der Waals surface area contributed by atoms with Crippen LogP contribution in [-0.2, 0) is 4.74 Å². The van der Waals surface area contributed by atoms with E-state index in [2.05, 4.69) is 37.9 Å². The Morgan fingerprint density at radius 2 is 2.06 bits per heavy atom. The first-order valence-corrected chi connectivity index (χ1v) is 6.44. The van der Waals surface area contributed by atoms with Gasteiger partial charge < -0.3 is 10.1 Å². The number of ether oxygens (including phenoxy) is 1. The summed E-state index contributed by atoms with van der Waals surface area (Å²) in [5, 5.41) is 3.54. The Morgan fingerprint density at radius 1 is 1.38 bits per heavy atom. The van der Waals surface area contributed by atoms with Crippen molar-refractivity contribution in [1.29, 1.82) is 0 Å². The van der Waals surface area contributed by atoms with Gasteiger partial charge in [0.2, 0.25) is 0 Å². The van der Waals surface area contributed by atoms with Crippen LogP contribution >= 0.6 is 0 Å². The number of nitrogens with one attached hydrogen (secondary N) is 1. The molecule has 0 aliphatic carbocycles. The highest BCUT2D eigenvalue weighted by Crippen LogP contribution is 2.18. The molecule has 1 heterocycles. The molecule has 0 aromatic heterocycles. The fourth-order valence-electron chi connectivity index (χ4n) is 2.30. The zero-order valence-electron chi connectivity index (χ0n) is 11.5. The quantitative estimate of drug-likeness (QED) is 0.795. The number of methoxy groups -OCH3 is 1. The summed E-state index contributed by atoms with van der Waals surface area (Å²) in [4.78, 5) is 2.56. The number of hydrogen-bond donors (Lipinski definition) is 1. The van der Waals surface area contributed by atoms with Gasteiger partial charge in [-0.1, -0.05) is 0 Å². The van der Waals surface area contributed by atoms with Gasteiger partial charge >= 0.3 is 0 Å². The second kappa shape index (κ2) is 5.99. The SMILES string of the molecule is COC1CCN(CCNC(C)(C)C)C(C)C1. The van der Waals surface area contributed by atoms with Crippen LogP contribution in [0.4, 0.5) is 0 Å². The third-order valence-electron chi connectivity index (χ3n) is 3.35. The molecule has 2 atom stereocenters.